The molecule has 0 unspecified atom stereocenters. The molecule has 2 rings (SSSR count). The monoisotopic (exact) mass is 269 g/mol. The Hall–Kier alpha value is -2.57. The molecule has 0 N–H and O–H groups in total. The van der Waals surface area contributed by atoms with Crippen molar-refractivity contribution < 1.29 is 22.8 Å². The fraction of sp³-hybridized carbons (Fsp3) is 0. The Kier molecular flexibility index (Phi) is 3.37. The van der Waals surface area contributed by atoms with Gasteiger partial charge in [0.25, 0.3) is 5.69 Å². The van der Waals surface area contributed by atoms with Gasteiger partial charge in [0.15, 0.2) is 11.6 Å². The molecule has 4 nitrogen and oxygen atoms in total. The normalized spacial score (nSPS) is 10.3. The van der Waals surface area contributed by atoms with E-state index in [2.05, 4.69) is 0 Å². The van der Waals surface area contributed by atoms with Crippen LogP contribution in [0.15, 0.2) is 36.4 Å². The van der Waals surface area contributed by atoms with E-state index in [-0.39, 0.29) is 5.75 Å². The number of nitro benzene ring substituents is 1. The van der Waals surface area contributed by atoms with Crippen LogP contribution >= 0.6 is 0 Å². The van der Waals surface area contributed by atoms with Gasteiger partial charge in [-0.2, -0.15) is 0 Å². The van der Waals surface area contributed by atoms with Crippen molar-refractivity contribution in [2.45, 2.75) is 0 Å². The highest BCUT2D eigenvalue weighted by Gasteiger charge is 2.13. The maximum absolute atomic E-state index is 13.3. The molecule has 2 aromatic rings. The molecule has 19 heavy (non-hydrogen) atoms. The Balaban J connectivity index is 2.38. The SMILES string of the molecule is O=[N+]([O-])c1cc(F)cc(Oc2cc(F)ccc2F)c1. The van der Waals surface area contributed by atoms with Crippen molar-refractivity contribution in [3.05, 3.63) is 64.0 Å². The van der Waals surface area contributed by atoms with Gasteiger partial charge in [-0.25, -0.2) is 13.2 Å². The van der Waals surface area contributed by atoms with Gasteiger partial charge in [0.05, 0.1) is 17.1 Å². The molecule has 0 saturated carbocycles. The third kappa shape index (κ3) is 3.01. The lowest BCUT2D eigenvalue weighted by Gasteiger charge is -2.06. The lowest BCUT2D eigenvalue weighted by atomic mass is 10.3. The van der Waals surface area contributed by atoms with Crippen LogP contribution in [0.1, 0.15) is 0 Å². The standard InChI is InChI=1S/C12H6F3NO3/c13-7-1-2-11(15)12(5-7)19-10-4-8(14)3-9(6-10)16(17)18/h1-6H. The first-order valence-corrected chi connectivity index (χ1v) is 5.03. The maximum Gasteiger partial charge on any atom is 0.276 e. The summed E-state index contributed by atoms with van der Waals surface area (Å²) in [5, 5.41) is 10.5. The molecule has 0 fully saturated rings. The van der Waals surface area contributed by atoms with Gasteiger partial charge in [0.2, 0.25) is 0 Å². The first kappa shape index (κ1) is 12.9. The van der Waals surface area contributed by atoms with E-state index in [0.29, 0.717) is 6.07 Å². The third-order valence-corrected chi connectivity index (χ3v) is 2.19. The van der Waals surface area contributed by atoms with Crippen LogP contribution in [0.5, 0.6) is 11.5 Å². The molecule has 0 bridgehead atoms. The average molecular weight is 269 g/mol. The van der Waals surface area contributed by atoms with Gasteiger partial charge in [-0.3, -0.25) is 10.1 Å². The van der Waals surface area contributed by atoms with Gasteiger partial charge in [0.1, 0.15) is 17.4 Å². The fourth-order valence-corrected chi connectivity index (χ4v) is 1.39. The largest absolute Gasteiger partial charge is 0.454 e. The highest BCUT2D eigenvalue weighted by atomic mass is 19.1. The van der Waals surface area contributed by atoms with Crippen LogP contribution in [0.25, 0.3) is 0 Å². The lowest BCUT2D eigenvalue weighted by molar-refractivity contribution is -0.385. The van der Waals surface area contributed by atoms with Gasteiger partial charge >= 0.3 is 0 Å². The molecule has 0 aliphatic carbocycles. The summed E-state index contributed by atoms with van der Waals surface area (Å²) in [7, 11) is 0. The van der Waals surface area contributed by atoms with Gasteiger partial charge in [-0.05, 0) is 12.1 Å². The topological polar surface area (TPSA) is 52.4 Å². The van der Waals surface area contributed by atoms with Crippen molar-refractivity contribution >= 4 is 5.69 Å². The summed E-state index contributed by atoms with van der Waals surface area (Å²) in [6.45, 7) is 0. The van der Waals surface area contributed by atoms with E-state index in [4.69, 9.17) is 4.74 Å². The predicted molar refractivity (Wildman–Crippen MR) is 59.5 cm³/mol. The van der Waals surface area contributed by atoms with Crippen molar-refractivity contribution in [1.82, 2.24) is 0 Å². The molecule has 2 aromatic carbocycles. The molecule has 0 heterocycles. The molecule has 0 aliphatic heterocycles. The number of hydrogen-bond acceptors (Lipinski definition) is 3. The van der Waals surface area contributed by atoms with Crippen molar-refractivity contribution in [3.8, 4) is 11.5 Å². The molecular weight excluding hydrogens is 263 g/mol. The second-order valence-corrected chi connectivity index (χ2v) is 3.58. The van der Waals surface area contributed by atoms with Gasteiger partial charge in [0, 0.05) is 12.1 Å². The number of ether oxygens (including phenoxy) is 1. The van der Waals surface area contributed by atoms with Gasteiger partial charge in [-0.1, -0.05) is 0 Å². The van der Waals surface area contributed by atoms with Crippen molar-refractivity contribution in [3.63, 3.8) is 0 Å². The molecule has 7 heteroatoms. The number of rotatable bonds is 3. The highest BCUT2D eigenvalue weighted by molar-refractivity contribution is 5.41. The molecule has 0 atom stereocenters. The van der Waals surface area contributed by atoms with Gasteiger partial charge < -0.3 is 4.74 Å². The minimum absolute atomic E-state index is 0.295. The number of nitrogens with zero attached hydrogens (tertiary/aromatic N) is 1. The van der Waals surface area contributed by atoms with Crippen molar-refractivity contribution in [1.29, 1.82) is 0 Å². The summed E-state index contributed by atoms with van der Waals surface area (Å²) in [5.41, 5.74) is -0.549. The summed E-state index contributed by atoms with van der Waals surface area (Å²) in [5.74, 6) is -3.31. The zero-order chi connectivity index (χ0) is 14.0. The first-order valence-electron chi connectivity index (χ1n) is 5.03. The van der Waals surface area contributed by atoms with Crippen LogP contribution < -0.4 is 4.74 Å². The Morgan fingerprint density at radius 1 is 1.00 bits per heavy atom. The highest BCUT2D eigenvalue weighted by Crippen LogP contribution is 2.28. The van der Waals surface area contributed by atoms with Crippen LogP contribution in [0.4, 0.5) is 18.9 Å². The Morgan fingerprint density at radius 2 is 1.74 bits per heavy atom. The number of halogens is 3. The summed E-state index contributed by atoms with van der Waals surface area (Å²) < 4.78 is 44.2. The van der Waals surface area contributed by atoms with E-state index in [0.717, 1.165) is 30.3 Å². The molecule has 0 amide bonds. The molecule has 0 aromatic heterocycles. The summed E-state index contributed by atoms with van der Waals surface area (Å²) in [6.07, 6.45) is 0. The molecule has 0 spiro atoms. The number of benzene rings is 2. The maximum atomic E-state index is 13.3. The summed E-state index contributed by atoms with van der Waals surface area (Å²) in [6, 6.07) is 4.90. The van der Waals surface area contributed by atoms with Gasteiger partial charge in [-0.15, -0.1) is 0 Å². The molecular formula is C12H6F3NO3. The minimum Gasteiger partial charge on any atom is -0.454 e. The van der Waals surface area contributed by atoms with Crippen molar-refractivity contribution in [2.75, 3.05) is 0 Å². The Bertz CT molecular complexity index is 646. The van der Waals surface area contributed by atoms with Crippen LogP contribution in [0.2, 0.25) is 0 Å². The first-order chi connectivity index (χ1) is 8.95. The smallest absolute Gasteiger partial charge is 0.276 e. The molecule has 0 radical (unpaired) electrons. The summed E-state index contributed by atoms with van der Waals surface area (Å²) in [4.78, 5) is 9.71. The summed E-state index contributed by atoms with van der Waals surface area (Å²) >= 11 is 0. The zero-order valence-corrected chi connectivity index (χ0v) is 9.27. The number of hydrogen-bond donors (Lipinski definition) is 0. The van der Waals surface area contributed by atoms with E-state index in [1.165, 1.54) is 0 Å². The van der Waals surface area contributed by atoms with Crippen LogP contribution in [-0.2, 0) is 0 Å². The van der Waals surface area contributed by atoms with Crippen molar-refractivity contribution in [2.24, 2.45) is 0 Å². The quantitative estimate of drug-likeness (QED) is 0.629. The van der Waals surface area contributed by atoms with E-state index in [1.807, 2.05) is 0 Å². The zero-order valence-electron chi connectivity index (χ0n) is 9.27. The molecule has 0 saturated heterocycles. The van der Waals surface area contributed by atoms with Crippen LogP contribution in [0.3, 0.4) is 0 Å². The van der Waals surface area contributed by atoms with E-state index >= 15 is 0 Å². The predicted octanol–water partition coefficient (Wildman–Crippen LogP) is 3.80. The Morgan fingerprint density at radius 3 is 2.42 bits per heavy atom. The second-order valence-electron chi connectivity index (χ2n) is 3.58. The van der Waals surface area contributed by atoms with E-state index < -0.39 is 33.8 Å². The number of nitro groups is 1. The van der Waals surface area contributed by atoms with Crippen LogP contribution in [-0.4, -0.2) is 4.92 Å². The Labute approximate surface area is 105 Å². The van der Waals surface area contributed by atoms with Crippen LogP contribution in [0, 0.1) is 27.6 Å². The van der Waals surface area contributed by atoms with E-state index in [9.17, 15) is 23.3 Å². The average Bonchev–Trinajstić information content (AvgIpc) is 2.33. The number of non-ortho nitro benzene ring substituents is 1. The molecule has 0 aliphatic rings. The third-order valence-electron chi connectivity index (χ3n) is 2.19. The molecule has 98 valence electrons. The van der Waals surface area contributed by atoms with E-state index in [1.54, 1.807) is 0 Å². The lowest BCUT2D eigenvalue weighted by Crippen LogP contribution is -1.93. The fourth-order valence-electron chi connectivity index (χ4n) is 1.39. The second kappa shape index (κ2) is 4.97. The minimum atomic E-state index is -0.916.